The Bertz CT molecular complexity index is 595. The fourth-order valence-corrected chi connectivity index (χ4v) is 1.81. The third kappa shape index (κ3) is 3.36. The van der Waals surface area contributed by atoms with E-state index in [0.29, 0.717) is 11.4 Å². The standard InChI is InChI=1S/C14H17N3O3/c1-9(10-4-3-5-11(15)6-10)16-14(18)13-7-12(8-19-2)20-17-13/h3-7,9H,8,15H2,1-2H3,(H,16,18). The van der Waals surface area contributed by atoms with Gasteiger partial charge in [0.05, 0.1) is 6.04 Å². The van der Waals surface area contributed by atoms with E-state index < -0.39 is 0 Å². The smallest absolute Gasteiger partial charge is 0.273 e. The second-order valence-electron chi connectivity index (χ2n) is 4.48. The third-order valence-electron chi connectivity index (χ3n) is 2.84. The highest BCUT2D eigenvalue weighted by molar-refractivity contribution is 5.92. The maximum atomic E-state index is 12.0. The van der Waals surface area contributed by atoms with Gasteiger partial charge in [-0.1, -0.05) is 17.3 Å². The van der Waals surface area contributed by atoms with Gasteiger partial charge < -0.3 is 20.3 Å². The predicted octanol–water partition coefficient (Wildman–Crippen LogP) is 1.89. The van der Waals surface area contributed by atoms with Crippen molar-refractivity contribution in [3.63, 3.8) is 0 Å². The minimum Gasteiger partial charge on any atom is -0.399 e. The summed E-state index contributed by atoms with van der Waals surface area (Å²) in [6, 6.07) is 8.76. The highest BCUT2D eigenvalue weighted by Crippen LogP contribution is 2.16. The number of carbonyl (C=O) groups is 1. The number of nitrogens with one attached hydrogen (secondary N) is 1. The van der Waals surface area contributed by atoms with E-state index in [4.69, 9.17) is 15.0 Å². The molecule has 1 aromatic heterocycles. The molecule has 6 nitrogen and oxygen atoms in total. The van der Waals surface area contributed by atoms with Gasteiger partial charge in [-0.2, -0.15) is 0 Å². The number of rotatable bonds is 5. The second kappa shape index (κ2) is 6.21. The van der Waals surface area contributed by atoms with Crippen LogP contribution in [0.25, 0.3) is 0 Å². The molecule has 1 atom stereocenters. The zero-order valence-corrected chi connectivity index (χ0v) is 11.4. The molecule has 1 heterocycles. The lowest BCUT2D eigenvalue weighted by Crippen LogP contribution is -2.26. The Morgan fingerprint density at radius 2 is 2.30 bits per heavy atom. The number of nitrogens with zero attached hydrogens (tertiary/aromatic N) is 1. The first kappa shape index (κ1) is 14.1. The van der Waals surface area contributed by atoms with Gasteiger partial charge in [-0.15, -0.1) is 0 Å². The molecule has 2 aromatic rings. The summed E-state index contributed by atoms with van der Waals surface area (Å²) in [6.45, 7) is 2.16. The summed E-state index contributed by atoms with van der Waals surface area (Å²) < 4.78 is 9.88. The Balaban J connectivity index is 2.03. The molecule has 0 saturated heterocycles. The molecule has 2 rings (SSSR count). The third-order valence-corrected chi connectivity index (χ3v) is 2.84. The summed E-state index contributed by atoms with van der Waals surface area (Å²) in [5, 5.41) is 6.54. The van der Waals surface area contributed by atoms with Crippen molar-refractivity contribution in [3.8, 4) is 0 Å². The van der Waals surface area contributed by atoms with Gasteiger partial charge in [-0.25, -0.2) is 0 Å². The van der Waals surface area contributed by atoms with E-state index in [-0.39, 0.29) is 24.2 Å². The number of ether oxygens (including phenoxy) is 1. The van der Waals surface area contributed by atoms with Crippen LogP contribution >= 0.6 is 0 Å². The fourth-order valence-electron chi connectivity index (χ4n) is 1.81. The van der Waals surface area contributed by atoms with Crippen molar-refractivity contribution in [1.29, 1.82) is 0 Å². The van der Waals surface area contributed by atoms with Crippen LogP contribution in [0.5, 0.6) is 0 Å². The SMILES string of the molecule is COCc1cc(C(=O)NC(C)c2cccc(N)c2)no1. The van der Waals surface area contributed by atoms with Crippen molar-refractivity contribution in [3.05, 3.63) is 47.3 Å². The van der Waals surface area contributed by atoms with Crippen molar-refractivity contribution in [1.82, 2.24) is 10.5 Å². The number of aromatic nitrogens is 1. The van der Waals surface area contributed by atoms with E-state index in [0.717, 1.165) is 5.56 Å². The van der Waals surface area contributed by atoms with Crippen molar-refractivity contribution in [2.45, 2.75) is 19.6 Å². The lowest BCUT2D eigenvalue weighted by Gasteiger charge is -2.13. The second-order valence-corrected chi connectivity index (χ2v) is 4.48. The molecular formula is C14H17N3O3. The van der Waals surface area contributed by atoms with Crippen molar-refractivity contribution in [2.24, 2.45) is 0 Å². The number of hydrogen-bond acceptors (Lipinski definition) is 5. The Hall–Kier alpha value is -2.34. The molecule has 0 aliphatic carbocycles. The molecule has 0 aliphatic rings. The molecule has 0 spiro atoms. The predicted molar refractivity (Wildman–Crippen MR) is 74.0 cm³/mol. The number of carbonyl (C=O) groups excluding carboxylic acids is 1. The van der Waals surface area contributed by atoms with Crippen LogP contribution in [0.1, 0.15) is 34.8 Å². The molecule has 106 valence electrons. The molecule has 0 radical (unpaired) electrons. The number of methoxy groups -OCH3 is 1. The van der Waals surface area contributed by atoms with Gasteiger partial charge in [0.25, 0.3) is 5.91 Å². The molecular weight excluding hydrogens is 258 g/mol. The molecule has 1 aromatic carbocycles. The minimum absolute atomic E-state index is 0.173. The average Bonchev–Trinajstić information content (AvgIpc) is 2.88. The first-order chi connectivity index (χ1) is 9.60. The largest absolute Gasteiger partial charge is 0.399 e. The molecule has 1 unspecified atom stereocenters. The van der Waals surface area contributed by atoms with Gasteiger partial charge in [0.1, 0.15) is 6.61 Å². The van der Waals surface area contributed by atoms with Crippen LogP contribution in [0.4, 0.5) is 5.69 Å². The molecule has 20 heavy (non-hydrogen) atoms. The van der Waals surface area contributed by atoms with Gasteiger partial charge in [0.15, 0.2) is 11.5 Å². The number of nitrogen functional groups attached to an aromatic ring is 1. The van der Waals surface area contributed by atoms with Crippen molar-refractivity contribution in [2.75, 3.05) is 12.8 Å². The van der Waals surface area contributed by atoms with Crippen LogP contribution in [0.3, 0.4) is 0 Å². The maximum absolute atomic E-state index is 12.0. The summed E-state index contributed by atoms with van der Waals surface area (Å²) in [7, 11) is 1.55. The molecule has 1 amide bonds. The quantitative estimate of drug-likeness (QED) is 0.813. The first-order valence-corrected chi connectivity index (χ1v) is 6.21. The van der Waals surface area contributed by atoms with Crippen LogP contribution in [0.15, 0.2) is 34.9 Å². The van der Waals surface area contributed by atoms with Crippen molar-refractivity contribution >= 4 is 11.6 Å². The van der Waals surface area contributed by atoms with Crippen LogP contribution < -0.4 is 11.1 Å². The van der Waals surface area contributed by atoms with Crippen LogP contribution in [0, 0.1) is 0 Å². The molecule has 6 heteroatoms. The minimum atomic E-state index is -0.300. The average molecular weight is 275 g/mol. The molecule has 0 fully saturated rings. The highest BCUT2D eigenvalue weighted by Gasteiger charge is 2.15. The molecule has 0 bridgehead atoms. The zero-order valence-electron chi connectivity index (χ0n) is 11.4. The van der Waals surface area contributed by atoms with E-state index in [1.807, 2.05) is 25.1 Å². The van der Waals surface area contributed by atoms with Crippen LogP contribution in [0.2, 0.25) is 0 Å². The van der Waals surface area contributed by atoms with Gasteiger partial charge in [-0.05, 0) is 24.6 Å². The van der Waals surface area contributed by atoms with E-state index in [1.165, 1.54) is 0 Å². The van der Waals surface area contributed by atoms with Crippen molar-refractivity contribution < 1.29 is 14.1 Å². The van der Waals surface area contributed by atoms with E-state index in [9.17, 15) is 4.79 Å². The normalized spacial score (nSPS) is 12.1. The Morgan fingerprint density at radius 1 is 1.50 bits per heavy atom. The highest BCUT2D eigenvalue weighted by atomic mass is 16.5. The number of anilines is 1. The Morgan fingerprint density at radius 3 is 3.00 bits per heavy atom. The topological polar surface area (TPSA) is 90.4 Å². The number of nitrogens with two attached hydrogens (primary N) is 1. The van der Waals surface area contributed by atoms with Gasteiger partial charge >= 0.3 is 0 Å². The lowest BCUT2D eigenvalue weighted by atomic mass is 10.1. The van der Waals surface area contributed by atoms with Crippen LogP contribution in [-0.2, 0) is 11.3 Å². The summed E-state index contributed by atoms with van der Waals surface area (Å²) in [4.78, 5) is 12.0. The fraction of sp³-hybridized carbons (Fsp3) is 0.286. The summed E-state index contributed by atoms with van der Waals surface area (Å²) in [6.07, 6.45) is 0. The van der Waals surface area contributed by atoms with Gasteiger partial charge in [-0.3, -0.25) is 4.79 Å². The lowest BCUT2D eigenvalue weighted by molar-refractivity contribution is 0.0930. The van der Waals surface area contributed by atoms with Gasteiger partial charge in [0, 0.05) is 18.9 Å². The number of amides is 1. The summed E-state index contributed by atoms with van der Waals surface area (Å²) in [5.74, 6) is 0.209. The van der Waals surface area contributed by atoms with Crippen LogP contribution in [-0.4, -0.2) is 18.2 Å². The van der Waals surface area contributed by atoms with E-state index >= 15 is 0 Å². The summed E-state index contributed by atoms with van der Waals surface area (Å²) in [5.41, 5.74) is 7.54. The first-order valence-electron chi connectivity index (χ1n) is 6.21. The Labute approximate surface area is 116 Å². The maximum Gasteiger partial charge on any atom is 0.273 e. The Kier molecular flexibility index (Phi) is 4.37. The van der Waals surface area contributed by atoms with Gasteiger partial charge in [0.2, 0.25) is 0 Å². The monoisotopic (exact) mass is 275 g/mol. The molecule has 3 N–H and O–H groups in total. The zero-order chi connectivity index (χ0) is 14.5. The number of hydrogen-bond donors (Lipinski definition) is 2. The molecule has 0 aliphatic heterocycles. The number of benzene rings is 1. The molecule has 0 saturated carbocycles. The van der Waals surface area contributed by atoms with E-state index in [2.05, 4.69) is 10.5 Å². The summed E-state index contributed by atoms with van der Waals surface area (Å²) >= 11 is 0. The van der Waals surface area contributed by atoms with E-state index in [1.54, 1.807) is 19.2 Å².